The number of rotatable bonds is 27. The predicted octanol–water partition coefficient (Wildman–Crippen LogP) is 8.89. The highest BCUT2D eigenvalue weighted by Gasteiger charge is 2.17. The molecule has 0 aliphatic heterocycles. The largest absolute Gasteiger partial charge is 0.394 e. The van der Waals surface area contributed by atoms with Gasteiger partial charge in [-0.1, -0.05) is 120 Å². The highest BCUT2D eigenvalue weighted by Crippen LogP contribution is 2.09. The van der Waals surface area contributed by atoms with Gasteiger partial charge in [-0.15, -0.1) is 0 Å². The minimum absolute atomic E-state index is 0.0937. The number of amides is 1. The summed E-state index contributed by atoms with van der Waals surface area (Å²) in [5, 5.41) is 22.7. The average molecular weight is 532 g/mol. The fourth-order valence-corrected chi connectivity index (χ4v) is 4.28. The van der Waals surface area contributed by atoms with Crippen LogP contribution in [-0.2, 0) is 4.79 Å². The van der Waals surface area contributed by atoms with Gasteiger partial charge in [0.15, 0.2) is 0 Å². The molecule has 38 heavy (non-hydrogen) atoms. The van der Waals surface area contributed by atoms with Gasteiger partial charge in [-0.25, -0.2) is 0 Å². The summed E-state index contributed by atoms with van der Waals surface area (Å²) in [5.74, 6) is -0.0937. The van der Waals surface area contributed by atoms with Gasteiger partial charge < -0.3 is 15.5 Å². The maximum Gasteiger partial charge on any atom is 0.220 e. The topological polar surface area (TPSA) is 69.6 Å². The Morgan fingerprint density at radius 3 is 1.68 bits per heavy atom. The first-order valence-electron chi connectivity index (χ1n) is 15.9. The Morgan fingerprint density at radius 1 is 0.632 bits per heavy atom. The van der Waals surface area contributed by atoms with E-state index in [1.165, 1.54) is 70.6 Å². The molecular weight excluding hydrogens is 470 g/mol. The Morgan fingerprint density at radius 2 is 1.11 bits per heavy atom. The van der Waals surface area contributed by atoms with Crippen molar-refractivity contribution in [1.29, 1.82) is 0 Å². The van der Waals surface area contributed by atoms with Crippen LogP contribution in [0.25, 0.3) is 0 Å². The summed E-state index contributed by atoms with van der Waals surface area (Å²) >= 11 is 0. The van der Waals surface area contributed by atoms with Gasteiger partial charge in [0.1, 0.15) is 0 Å². The number of nitrogens with one attached hydrogen (secondary N) is 1. The normalized spacial score (nSPS) is 13.9. The van der Waals surface area contributed by atoms with Gasteiger partial charge in [0.2, 0.25) is 5.91 Å². The van der Waals surface area contributed by atoms with Crippen molar-refractivity contribution in [2.75, 3.05) is 6.61 Å². The van der Waals surface area contributed by atoms with Crippen LogP contribution in [0.5, 0.6) is 0 Å². The average Bonchev–Trinajstić information content (AvgIpc) is 2.92. The Hall–Kier alpha value is -1.65. The van der Waals surface area contributed by atoms with Crippen molar-refractivity contribution in [3.8, 4) is 0 Å². The molecule has 0 rings (SSSR count). The summed E-state index contributed by atoms with van der Waals surface area (Å²) in [6.45, 7) is 4.21. The molecule has 1 amide bonds. The van der Waals surface area contributed by atoms with Gasteiger partial charge in [0, 0.05) is 6.42 Å². The zero-order valence-corrected chi connectivity index (χ0v) is 24.9. The van der Waals surface area contributed by atoms with E-state index in [1.54, 1.807) is 6.08 Å². The van der Waals surface area contributed by atoms with Crippen LogP contribution in [-0.4, -0.2) is 34.9 Å². The summed E-state index contributed by atoms with van der Waals surface area (Å²) in [4.78, 5) is 12.2. The van der Waals surface area contributed by atoms with Crippen molar-refractivity contribution in [3.63, 3.8) is 0 Å². The molecule has 2 unspecified atom stereocenters. The standard InChI is InChI=1S/C34H61NO3/c1-3-5-7-9-11-13-15-16-17-18-19-20-22-24-26-28-30-34(38)35-32(31-36)33(37)29-27-25-23-21-14-12-10-8-6-4-2/h13-15,17-18,21,27,29,32-33,36-37H,3-12,16,19-20,22-26,28,30-31H2,1-2H3,(H,35,38)/b15-13-,18-17-,21-14+,29-27+. The molecule has 2 atom stereocenters. The molecule has 4 heteroatoms. The zero-order valence-electron chi connectivity index (χ0n) is 24.9. The smallest absolute Gasteiger partial charge is 0.220 e. The van der Waals surface area contributed by atoms with Crippen LogP contribution in [0.1, 0.15) is 142 Å². The van der Waals surface area contributed by atoms with Crippen LogP contribution in [0.15, 0.2) is 48.6 Å². The second-order valence-corrected chi connectivity index (χ2v) is 10.5. The molecule has 0 saturated carbocycles. The number of carbonyl (C=O) groups is 1. The van der Waals surface area contributed by atoms with Crippen LogP contribution in [0.2, 0.25) is 0 Å². The molecule has 0 radical (unpaired) electrons. The second-order valence-electron chi connectivity index (χ2n) is 10.5. The van der Waals surface area contributed by atoms with E-state index >= 15 is 0 Å². The summed E-state index contributed by atoms with van der Waals surface area (Å²) < 4.78 is 0. The van der Waals surface area contributed by atoms with Gasteiger partial charge in [0.05, 0.1) is 18.8 Å². The SMILES string of the molecule is CCCCCC/C=C\C/C=C\CCCCCCCC(=O)NC(CO)C(O)/C=C/CC/C=C/CCCCCC. The third kappa shape index (κ3) is 26.0. The van der Waals surface area contributed by atoms with Crippen molar-refractivity contribution in [3.05, 3.63) is 48.6 Å². The van der Waals surface area contributed by atoms with Crippen LogP contribution in [0, 0.1) is 0 Å². The maximum atomic E-state index is 12.2. The number of carbonyl (C=O) groups excluding carboxylic acids is 1. The van der Waals surface area contributed by atoms with E-state index in [0.717, 1.165) is 51.4 Å². The lowest BCUT2D eigenvalue weighted by atomic mass is 10.1. The molecule has 0 aromatic heterocycles. The molecule has 0 fully saturated rings. The fourth-order valence-electron chi connectivity index (χ4n) is 4.28. The molecule has 220 valence electrons. The van der Waals surface area contributed by atoms with Crippen molar-refractivity contribution in [2.45, 2.75) is 154 Å². The minimum Gasteiger partial charge on any atom is -0.394 e. The molecule has 0 spiro atoms. The molecule has 0 aliphatic rings. The van der Waals surface area contributed by atoms with E-state index in [4.69, 9.17) is 0 Å². The van der Waals surface area contributed by atoms with Crippen LogP contribution in [0.3, 0.4) is 0 Å². The molecule has 0 heterocycles. The highest BCUT2D eigenvalue weighted by atomic mass is 16.3. The minimum atomic E-state index is -0.865. The zero-order chi connectivity index (χ0) is 27.9. The lowest BCUT2D eigenvalue weighted by Crippen LogP contribution is -2.45. The Kier molecular flexibility index (Phi) is 28.6. The van der Waals surface area contributed by atoms with Crippen molar-refractivity contribution in [2.24, 2.45) is 0 Å². The third-order valence-corrected chi connectivity index (χ3v) is 6.78. The quantitative estimate of drug-likeness (QED) is 0.0732. The molecule has 0 bridgehead atoms. The molecular formula is C34H61NO3. The van der Waals surface area contributed by atoms with Gasteiger partial charge >= 0.3 is 0 Å². The fraction of sp³-hybridized carbons (Fsp3) is 0.735. The lowest BCUT2D eigenvalue weighted by Gasteiger charge is -2.19. The highest BCUT2D eigenvalue weighted by molar-refractivity contribution is 5.76. The first-order valence-corrected chi connectivity index (χ1v) is 15.9. The Balaban J connectivity index is 3.75. The molecule has 0 aromatic rings. The van der Waals surface area contributed by atoms with E-state index in [2.05, 4.69) is 55.6 Å². The number of aliphatic hydroxyl groups is 2. The van der Waals surface area contributed by atoms with Gasteiger partial charge in [-0.05, 0) is 64.2 Å². The number of allylic oxidation sites excluding steroid dienone is 7. The number of unbranched alkanes of at least 4 members (excludes halogenated alkanes) is 14. The van der Waals surface area contributed by atoms with Gasteiger partial charge in [0.25, 0.3) is 0 Å². The van der Waals surface area contributed by atoms with Crippen LogP contribution >= 0.6 is 0 Å². The van der Waals surface area contributed by atoms with E-state index in [9.17, 15) is 15.0 Å². The third-order valence-electron chi connectivity index (χ3n) is 6.78. The monoisotopic (exact) mass is 531 g/mol. The predicted molar refractivity (Wildman–Crippen MR) is 165 cm³/mol. The summed E-state index contributed by atoms with van der Waals surface area (Å²) in [5.41, 5.74) is 0. The summed E-state index contributed by atoms with van der Waals surface area (Å²) in [6.07, 6.45) is 39.0. The summed E-state index contributed by atoms with van der Waals surface area (Å²) in [7, 11) is 0. The number of aliphatic hydroxyl groups excluding tert-OH is 2. The van der Waals surface area contributed by atoms with E-state index in [0.29, 0.717) is 6.42 Å². The maximum absolute atomic E-state index is 12.2. The summed E-state index contributed by atoms with van der Waals surface area (Å²) in [6, 6.07) is -0.643. The van der Waals surface area contributed by atoms with Crippen LogP contribution < -0.4 is 5.32 Å². The van der Waals surface area contributed by atoms with Crippen molar-refractivity contribution in [1.82, 2.24) is 5.32 Å². The van der Waals surface area contributed by atoms with E-state index < -0.39 is 12.1 Å². The van der Waals surface area contributed by atoms with Crippen molar-refractivity contribution >= 4 is 5.91 Å². The first kappa shape index (κ1) is 36.4. The van der Waals surface area contributed by atoms with Gasteiger partial charge in [-0.2, -0.15) is 0 Å². The van der Waals surface area contributed by atoms with Gasteiger partial charge in [-0.3, -0.25) is 4.79 Å². The Bertz CT molecular complexity index is 623. The molecule has 3 N–H and O–H groups in total. The van der Waals surface area contributed by atoms with E-state index in [-0.39, 0.29) is 12.5 Å². The number of hydrogen-bond donors (Lipinski definition) is 3. The molecule has 0 aromatic carbocycles. The Labute approximate surface area is 235 Å². The molecule has 0 saturated heterocycles. The van der Waals surface area contributed by atoms with Crippen molar-refractivity contribution < 1.29 is 15.0 Å². The first-order chi connectivity index (χ1) is 18.7. The second kappa shape index (κ2) is 29.9. The lowest BCUT2D eigenvalue weighted by molar-refractivity contribution is -0.123. The molecule has 0 aliphatic carbocycles. The van der Waals surface area contributed by atoms with E-state index in [1.807, 2.05) is 6.08 Å². The number of hydrogen-bond acceptors (Lipinski definition) is 3. The molecule has 4 nitrogen and oxygen atoms in total. The van der Waals surface area contributed by atoms with Crippen LogP contribution in [0.4, 0.5) is 0 Å².